The van der Waals surface area contributed by atoms with Gasteiger partial charge in [0, 0.05) is 6.54 Å². The van der Waals surface area contributed by atoms with Crippen LogP contribution in [0.3, 0.4) is 0 Å². The molecule has 0 fully saturated rings. The number of nitro groups is 1. The lowest BCUT2D eigenvalue weighted by molar-refractivity contribution is -0.385. The Labute approximate surface area is 159 Å². The Balaban J connectivity index is 1.68. The number of thioether (sulfide) groups is 1. The molecule has 1 aromatic carbocycles. The molecule has 0 saturated carbocycles. The van der Waals surface area contributed by atoms with E-state index in [1.54, 1.807) is 6.08 Å². The molecule has 0 aliphatic carbocycles. The van der Waals surface area contributed by atoms with Crippen molar-refractivity contribution in [2.75, 3.05) is 0 Å². The molecule has 3 rings (SSSR count). The lowest BCUT2D eigenvalue weighted by Crippen LogP contribution is -2.08. The molecule has 2 aromatic heterocycles. The van der Waals surface area contributed by atoms with Crippen molar-refractivity contribution in [3.63, 3.8) is 0 Å². The van der Waals surface area contributed by atoms with Crippen LogP contribution >= 0.6 is 11.8 Å². The summed E-state index contributed by atoms with van der Waals surface area (Å²) in [5.41, 5.74) is 1.07. The Morgan fingerprint density at radius 2 is 2.26 bits per heavy atom. The summed E-state index contributed by atoms with van der Waals surface area (Å²) in [5.74, 6) is 1.81. The van der Waals surface area contributed by atoms with Crippen molar-refractivity contribution in [2.45, 2.75) is 31.1 Å². The van der Waals surface area contributed by atoms with Crippen molar-refractivity contribution in [2.24, 2.45) is 0 Å². The molecule has 10 heteroatoms. The van der Waals surface area contributed by atoms with Crippen LogP contribution in [0, 0.1) is 17.0 Å². The van der Waals surface area contributed by atoms with Gasteiger partial charge < -0.3 is 4.74 Å². The van der Waals surface area contributed by atoms with Gasteiger partial charge in [0.1, 0.15) is 24.8 Å². The molecule has 0 saturated heterocycles. The van der Waals surface area contributed by atoms with Gasteiger partial charge in [-0.25, -0.2) is 0 Å². The van der Waals surface area contributed by atoms with E-state index in [1.165, 1.54) is 28.8 Å². The third-order valence-electron chi connectivity index (χ3n) is 3.62. The van der Waals surface area contributed by atoms with Crippen LogP contribution in [0.1, 0.15) is 11.4 Å². The van der Waals surface area contributed by atoms with Gasteiger partial charge in [0.05, 0.1) is 10.8 Å². The molecular formula is C17H18N6O3S. The molecule has 27 heavy (non-hydrogen) atoms. The smallest absolute Gasteiger partial charge is 0.307 e. The van der Waals surface area contributed by atoms with Gasteiger partial charge in [-0.2, -0.15) is 5.10 Å². The quantitative estimate of drug-likeness (QED) is 0.241. The number of hydrogen-bond acceptors (Lipinski definition) is 7. The maximum Gasteiger partial charge on any atom is 0.307 e. The predicted octanol–water partition coefficient (Wildman–Crippen LogP) is 3.21. The fourth-order valence-electron chi connectivity index (χ4n) is 2.34. The number of nitrogens with zero attached hydrogens (tertiary/aromatic N) is 6. The van der Waals surface area contributed by atoms with Crippen LogP contribution in [0.25, 0.3) is 0 Å². The summed E-state index contributed by atoms with van der Waals surface area (Å²) in [5, 5.41) is 23.8. The normalized spacial score (nSPS) is 10.7. The number of hydrogen-bond donors (Lipinski definition) is 0. The number of allylic oxidation sites excluding steroid dienone is 1. The lowest BCUT2D eigenvalue weighted by Gasteiger charge is -2.09. The van der Waals surface area contributed by atoms with Gasteiger partial charge in [0.25, 0.3) is 0 Å². The Morgan fingerprint density at radius 1 is 1.41 bits per heavy atom. The highest BCUT2D eigenvalue weighted by Crippen LogP contribution is 2.21. The Kier molecular flexibility index (Phi) is 5.87. The highest BCUT2D eigenvalue weighted by atomic mass is 32.2. The first-order chi connectivity index (χ1) is 13.1. The molecule has 2 heterocycles. The number of aryl methyl sites for hydroxylation is 1. The minimum Gasteiger partial charge on any atom is -0.486 e. The van der Waals surface area contributed by atoms with Gasteiger partial charge in [-0.3, -0.25) is 19.4 Å². The average molecular weight is 386 g/mol. The highest BCUT2D eigenvalue weighted by Gasteiger charge is 2.14. The molecule has 0 atom stereocenters. The molecule has 0 radical (unpaired) electrons. The van der Waals surface area contributed by atoms with Gasteiger partial charge in [-0.1, -0.05) is 30.0 Å². The van der Waals surface area contributed by atoms with E-state index in [2.05, 4.69) is 21.9 Å². The van der Waals surface area contributed by atoms with E-state index in [9.17, 15) is 10.1 Å². The summed E-state index contributed by atoms with van der Waals surface area (Å²) in [4.78, 5) is 10.3. The lowest BCUT2D eigenvalue weighted by atomic mass is 10.2. The van der Waals surface area contributed by atoms with Crippen molar-refractivity contribution in [1.29, 1.82) is 0 Å². The molecular weight excluding hydrogens is 368 g/mol. The summed E-state index contributed by atoms with van der Waals surface area (Å²) in [6, 6.07) is 7.78. The first kappa shape index (κ1) is 18.6. The topological polar surface area (TPSA) is 101 Å². The standard InChI is InChI=1S/C17H18N6O3S/c1-3-7-22-16(11-26-15-6-4-5-13(2)8-15)19-20-17(22)27-12-21-10-14(9-18-21)23(24)25/h3-6,8-10H,1,7,11-12H2,2H3. The maximum atomic E-state index is 10.7. The SMILES string of the molecule is C=CCn1c(COc2cccc(C)c2)nnc1SCn1cc([N+](=O)[O-])cn1. The van der Waals surface area contributed by atoms with Crippen molar-refractivity contribution >= 4 is 17.4 Å². The Hall–Kier alpha value is -3.14. The zero-order valence-corrected chi connectivity index (χ0v) is 15.5. The predicted molar refractivity (Wildman–Crippen MR) is 100 cm³/mol. The van der Waals surface area contributed by atoms with E-state index in [0.717, 1.165) is 11.3 Å². The average Bonchev–Trinajstić information content (AvgIpc) is 3.26. The number of aromatic nitrogens is 5. The number of benzene rings is 1. The van der Waals surface area contributed by atoms with Crippen LogP contribution in [0.5, 0.6) is 5.75 Å². The van der Waals surface area contributed by atoms with E-state index in [0.29, 0.717) is 23.4 Å². The summed E-state index contributed by atoms with van der Waals surface area (Å²) in [7, 11) is 0. The molecule has 0 unspecified atom stereocenters. The third-order valence-corrected chi connectivity index (χ3v) is 4.57. The van der Waals surface area contributed by atoms with Crippen LogP contribution in [0.15, 0.2) is 54.5 Å². The second-order valence-electron chi connectivity index (χ2n) is 5.67. The Morgan fingerprint density at radius 3 is 2.96 bits per heavy atom. The van der Waals surface area contributed by atoms with Gasteiger partial charge in [-0.05, 0) is 24.6 Å². The summed E-state index contributed by atoms with van der Waals surface area (Å²) < 4.78 is 9.19. The van der Waals surface area contributed by atoms with Crippen LogP contribution in [0.2, 0.25) is 0 Å². The second kappa shape index (κ2) is 8.49. The number of rotatable bonds is 9. The molecule has 3 aromatic rings. The van der Waals surface area contributed by atoms with E-state index in [4.69, 9.17) is 4.74 Å². The summed E-state index contributed by atoms with van der Waals surface area (Å²) in [6.45, 7) is 6.58. The fraction of sp³-hybridized carbons (Fsp3) is 0.235. The number of ether oxygens (including phenoxy) is 1. The maximum absolute atomic E-state index is 10.7. The zero-order chi connectivity index (χ0) is 19.2. The van der Waals surface area contributed by atoms with Crippen molar-refractivity contribution in [3.05, 3.63) is 70.8 Å². The molecule has 9 nitrogen and oxygen atoms in total. The first-order valence-electron chi connectivity index (χ1n) is 8.09. The minimum absolute atomic E-state index is 0.0459. The van der Waals surface area contributed by atoms with E-state index in [1.807, 2.05) is 35.8 Å². The summed E-state index contributed by atoms with van der Waals surface area (Å²) in [6.07, 6.45) is 4.35. The van der Waals surface area contributed by atoms with Crippen molar-refractivity contribution < 1.29 is 9.66 Å². The monoisotopic (exact) mass is 386 g/mol. The highest BCUT2D eigenvalue weighted by molar-refractivity contribution is 7.98. The van der Waals surface area contributed by atoms with E-state index in [-0.39, 0.29) is 12.3 Å². The largest absolute Gasteiger partial charge is 0.486 e. The summed E-state index contributed by atoms with van der Waals surface area (Å²) >= 11 is 1.37. The molecule has 0 aliphatic heterocycles. The van der Waals surface area contributed by atoms with Crippen LogP contribution in [0.4, 0.5) is 5.69 Å². The molecule has 0 aliphatic rings. The van der Waals surface area contributed by atoms with Gasteiger partial charge >= 0.3 is 5.69 Å². The van der Waals surface area contributed by atoms with Crippen molar-refractivity contribution in [1.82, 2.24) is 24.5 Å². The molecule has 0 bridgehead atoms. The van der Waals surface area contributed by atoms with Gasteiger partial charge in [0.15, 0.2) is 11.0 Å². The van der Waals surface area contributed by atoms with E-state index >= 15 is 0 Å². The zero-order valence-electron chi connectivity index (χ0n) is 14.7. The third kappa shape index (κ3) is 4.73. The second-order valence-corrected chi connectivity index (χ2v) is 6.58. The van der Waals surface area contributed by atoms with Crippen molar-refractivity contribution in [3.8, 4) is 5.75 Å². The van der Waals surface area contributed by atoms with Crippen LogP contribution in [-0.4, -0.2) is 29.5 Å². The fourth-order valence-corrected chi connectivity index (χ4v) is 3.16. The van der Waals surface area contributed by atoms with Crippen LogP contribution in [-0.2, 0) is 19.0 Å². The molecule has 140 valence electrons. The van der Waals surface area contributed by atoms with Crippen LogP contribution < -0.4 is 4.74 Å². The minimum atomic E-state index is -0.477. The molecule has 0 spiro atoms. The first-order valence-corrected chi connectivity index (χ1v) is 9.07. The molecule has 0 N–H and O–H groups in total. The van der Waals surface area contributed by atoms with Gasteiger partial charge in [0.2, 0.25) is 0 Å². The van der Waals surface area contributed by atoms with E-state index < -0.39 is 4.92 Å². The van der Waals surface area contributed by atoms with Gasteiger partial charge in [-0.15, -0.1) is 16.8 Å². The Bertz CT molecular complexity index is 952. The molecule has 0 amide bonds.